The van der Waals surface area contributed by atoms with Crippen LogP contribution in [0.5, 0.6) is 0 Å². The van der Waals surface area contributed by atoms with Crippen LogP contribution in [0.1, 0.15) is 31.0 Å². The zero-order chi connectivity index (χ0) is 11.4. The summed E-state index contributed by atoms with van der Waals surface area (Å²) in [5.74, 6) is 0.569. The largest absolute Gasteiger partial charge is 0.395 e. The van der Waals surface area contributed by atoms with Gasteiger partial charge in [-0.05, 0) is 24.5 Å². The number of aromatic nitrogens is 1. The standard InChI is InChI=1S/C12H20N2O/c1-8(2)12(11(13)7-15)10-5-4-9(3)14-6-10/h4-6,8,11-12,15H,7,13H2,1-3H3. The van der Waals surface area contributed by atoms with Gasteiger partial charge in [0.15, 0.2) is 0 Å². The highest BCUT2D eigenvalue weighted by molar-refractivity contribution is 5.20. The maximum absolute atomic E-state index is 9.12. The number of pyridine rings is 1. The van der Waals surface area contributed by atoms with E-state index in [-0.39, 0.29) is 18.6 Å². The Bertz CT molecular complexity index is 295. The number of rotatable bonds is 4. The van der Waals surface area contributed by atoms with Gasteiger partial charge >= 0.3 is 0 Å². The second-order valence-electron chi connectivity index (χ2n) is 4.35. The third-order valence-corrected chi connectivity index (χ3v) is 2.71. The van der Waals surface area contributed by atoms with Gasteiger partial charge in [0.05, 0.1) is 6.61 Å². The molecule has 0 bridgehead atoms. The van der Waals surface area contributed by atoms with E-state index in [2.05, 4.69) is 18.8 Å². The van der Waals surface area contributed by atoms with Crippen LogP contribution in [0.15, 0.2) is 18.3 Å². The molecule has 0 saturated heterocycles. The van der Waals surface area contributed by atoms with Gasteiger partial charge in [0.25, 0.3) is 0 Å². The van der Waals surface area contributed by atoms with Crippen LogP contribution in [0.3, 0.4) is 0 Å². The van der Waals surface area contributed by atoms with Crippen LogP contribution in [0, 0.1) is 12.8 Å². The maximum atomic E-state index is 9.12. The summed E-state index contributed by atoms with van der Waals surface area (Å²) in [6, 6.07) is 3.81. The normalized spacial score (nSPS) is 15.3. The first kappa shape index (κ1) is 12.1. The predicted molar refractivity (Wildman–Crippen MR) is 61.6 cm³/mol. The summed E-state index contributed by atoms with van der Waals surface area (Å²) < 4.78 is 0. The van der Waals surface area contributed by atoms with Crippen LogP contribution >= 0.6 is 0 Å². The molecule has 2 atom stereocenters. The van der Waals surface area contributed by atoms with Crippen molar-refractivity contribution in [3.8, 4) is 0 Å². The molecule has 0 aromatic carbocycles. The summed E-state index contributed by atoms with van der Waals surface area (Å²) >= 11 is 0. The van der Waals surface area contributed by atoms with Gasteiger partial charge in [-0.3, -0.25) is 4.98 Å². The van der Waals surface area contributed by atoms with Gasteiger partial charge < -0.3 is 10.8 Å². The summed E-state index contributed by atoms with van der Waals surface area (Å²) in [4.78, 5) is 4.26. The summed E-state index contributed by atoms with van der Waals surface area (Å²) in [5, 5.41) is 9.12. The van der Waals surface area contributed by atoms with Crippen molar-refractivity contribution in [3.05, 3.63) is 29.6 Å². The Labute approximate surface area is 91.3 Å². The second kappa shape index (κ2) is 5.24. The molecule has 3 nitrogen and oxygen atoms in total. The average Bonchev–Trinajstić information content (AvgIpc) is 2.20. The third kappa shape index (κ3) is 3.01. The van der Waals surface area contributed by atoms with Crippen molar-refractivity contribution >= 4 is 0 Å². The fourth-order valence-electron chi connectivity index (χ4n) is 1.92. The molecule has 1 aromatic heterocycles. The molecule has 3 N–H and O–H groups in total. The first-order valence-electron chi connectivity index (χ1n) is 5.35. The van der Waals surface area contributed by atoms with E-state index >= 15 is 0 Å². The van der Waals surface area contributed by atoms with E-state index in [1.807, 2.05) is 25.3 Å². The quantitative estimate of drug-likeness (QED) is 0.787. The molecule has 84 valence electrons. The molecule has 0 aliphatic rings. The Morgan fingerprint density at radius 2 is 2.07 bits per heavy atom. The number of aliphatic hydroxyl groups excluding tert-OH is 1. The number of aryl methyl sites for hydroxylation is 1. The van der Waals surface area contributed by atoms with Crippen LogP contribution in [0.25, 0.3) is 0 Å². The fraction of sp³-hybridized carbons (Fsp3) is 0.583. The zero-order valence-corrected chi connectivity index (χ0v) is 9.64. The van der Waals surface area contributed by atoms with Crippen LogP contribution in [-0.2, 0) is 0 Å². The van der Waals surface area contributed by atoms with E-state index in [1.165, 1.54) is 0 Å². The molecule has 0 aliphatic carbocycles. The van der Waals surface area contributed by atoms with Gasteiger partial charge in [-0.25, -0.2) is 0 Å². The van der Waals surface area contributed by atoms with Crippen LogP contribution in [0.4, 0.5) is 0 Å². The minimum atomic E-state index is -0.213. The van der Waals surface area contributed by atoms with E-state index < -0.39 is 0 Å². The number of nitrogens with two attached hydrogens (primary N) is 1. The molecule has 3 heteroatoms. The molecular weight excluding hydrogens is 188 g/mol. The SMILES string of the molecule is Cc1ccc(C(C(C)C)C(N)CO)cn1. The highest BCUT2D eigenvalue weighted by Gasteiger charge is 2.22. The third-order valence-electron chi connectivity index (χ3n) is 2.71. The number of nitrogens with zero attached hydrogens (tertiary/aromatic N) is 1. The smallest absolute Gasteiger partial charge is 0.0588 e. The molecule has 0 fully saturated rings. The topological polar surface area (TPSA) is 59.1 Å². The maximum Gasteiger partial charge on any atom is 0.0588 e. The molecule has 1 aromatic rings. The summed E-state index contributed by atoms with van der Waals surface area (Å²) in [6.45, 7) is 6.19. The first-order valence-corrected chi connectivity index (χ1v) is 5.35. The van der Waals surface area contributed by atoms with Gasteiger partial charge in [0.2, 0.25) is 0 Å². The lowest BCUT2D eigenvalue weighted by Gasteiger charge is -2.26. The zero-order valence-electron chi connectivity index (χ0n) is 9.64. The predicted octanol–water partition coefficient (Wildman–Crippen LogP) is 1.45. The van der Waals surface area contributed by atoms with E-state index in [0.717, 1.165) is 11.3 Å². The second-order valence-corrected chi connectivity index (χ2v) is 4.35. The Hall–Kier alpha value is -0.930. The molecule has 1 rings (SSSR count). The van der Waals surface area contributed by atoms with Crippen molar-refractivity contribution < 1.29 is 5.11 Å². The molecule has 1 heterocycles. The van der Waals surface area contributed by atoms with E-state index in [1.54, 1.807) is 0 Å². The Balaban J connectivity index is 2.94. The highest BCUT2D eigenvalue weighted by Crippen LogP contribution is 2.26. The number of aliphatic hydroxyl groups is 1. The van der Waals surface area contributed by atoms with Crippen molar-refractivity contribution in [2.45, 2.75) is 32.7 Å². The molecular formula is C12H20N2O. The summed E-state index contributed by atoms with van der Waals surface area (Å²) in [7, 11) is 0. The lowest BCUT2D eigenvalue weighted by atomic mass is 9.84. The van der Waals surface area contributed by atoms with E-state index in [9.17, 15) is 0 Å². The average molecular weight is 208 g/mol. The van der Waals surface area contributed by atoms with E-state index in [0.29, 0.717) is 5.92 Å². The molecule has 0 aliphatic heterocycles. The fourth-order valence-corrected chi connectivity index (χ4v) is 1.92. The summed E-state index contributed by atoms with van der Waals surface area (Å²) in [6.07, 6.45) is 1.86. The van der Waals surface area contributed by atoms with Crippen molar-refractivity contribution in [1.29, 1.82) is 0 Å². The highest BCUT2D eigenvalue weighted by atomic mass is 16.3. The van der Waals surface area contributed by atoms with Crippen molar-refractivity contribution in [2.75, 3.05) is 6.61 Å². The molecule has 15 heavy (non-hydrogen) atoms. The first-order chi connectivity index (χ1) is 7.06. The van der Waals surface area contributed by atoms with Crippen LogP contribution in [-0.4, -0.2) is 22.7 Å². The van der Waals surface area contributed by atoms with Gasteiger partial charge in [-0.1, -0.05) is 19.9 Å². The summed E-state index contributed by atoms with van der Waals surface area (Å²) in [5.41, 5.74) is 8.02. The van der Waals surface area contributed by atoms with E-state index in [4.69, 9.17) is 10.8 Å². The van der Waals surface area contributed by atoms with Crippen molar-refractivity contribution in [2.24, 2.45) is 11.7 Å². The monoisotopic (exact) mass is 208 g/mol. The number of hydrogen-bond acceptors (Lipinski definition) is 3. The van der Waals surface area contributed by atoms with Crippen molar-refractivity contribution in [1.82, 2.24) is 4.98 Å². The Kier molecular flexibility index (Phi) is 4.24. The minimum Gasteiger partial charge on any atom is -0.395 e. The molecule has 0 amide bonds. The Morgan fingerprint density at radius 3 is 2.47 bits per heavy atom. The lowest BCUT2D eigenvalue weighted by Crippen LogP contribution is -2.35. The van der Waals surface area contributed by atoms with Crippen LogP contribution in [0.2, 0.25) is 0 Å². The lowest BCUT2D eigenvalue weighted by molar-refractivity contribution is 0.232. The number of hydrogen-bond donors (Lipinski definition) is 2. The van der Waals surface area contributed by atoms with Crippen LogP contribution < -0.4 is 5.73 Å². The molecule has 0 radical (unpaired) electrons. The molecule has 2 unspecified atom stereocenters. The Morgan fingerprint density at radius 1 is 1.40 bits per heavy atom. The van der Waals surface area contributed by atoms with Gasteiger partial charge in [-0.2, -0.15) is 0 Å². The minimum absolute atomic E-state index is 0.0106. The molecule has 0 saturated carbocycles. The van der Waals surface area contributed by atoms with Gasteiger partial charge in [0, 0.05) is 23.9 Å². The van der Waals surface area contributed by atoms with Gasteiger partial charge in [0.1, 0.15) is 0 Å². The molecule has 0 spiro atoms. The van der Waals surface area contributed by atoms with Crippen molar-refractivity contribution in [3.63, 3.8) is 0 Å². The van der Waals surface area contributed by atoms with Gasteiger partial charge in [-0.15, -0.1) is 0 Å².